The van der Waals surface area contributed by atoms with Crippen LogP contribution in [0.25, 0.3) is 0 Å². The highest BCUT2D eigenvalue weighted by Crippen LogP contribution is 2.40. The van der Waals surface area contributed by atoms with Crippen molar-refractivity contribution in [2.75, 3.05) is 0 Å². The Morgan fingerprint density at radius 3 is 2.71 bits per heavy atom. The molecule has 1 fully saturated rings. The zero-order valence-electron chi connectivity index (χ0n) is 7.91. The minimum absolute atomic E-state index is 0.0127. The molecule has 1 aromatic rings. The normalized spacial score (nSPS) is 19.0. The first kappa shape index (κ1) is 9.99. The monoisotopic (exact) mass is 255 g/mol. The van der Waals surface area contributed by atoms with E-state index < -0.39 is 0 Å². The molecule has 1 saturated carbocycles. The number of halogens is 1. The second-order valence-electron chi connectivity index (χ2n) is 3.89. The van der Waals surface area contributed by atoms with E-state index in [4.69, 9.17) is 5.73 Å². The summed E-state index contributed by atoms with van der Waals surface area (Å²) in [6.45, 7) is 0. The number of nitrogens with two attached hydrogens (primary N) is 1. The third-order valence-electron chi connectivity index (χ3n) is 3.03. The molecule has 76 valence electrons. The van der Waals surface area contributed by atoms with E-state index in [0.717, 1.165) is 10.0 Å². The number of phenols is 1. The smallest absolute Gasteiger partial charge is 0.134 e. The van der Waals surface area contributed by atoms with Gasteiger partial charge in [-0.2, -0.15) is 0 Å². The topological polar surface area (TPSA) is 46.2 Å². The van der Waals surface area contributed by atoms with Crippen molar-refractivity contribution in [1.82, 2.24) is 0 Å². The molecule has 1 aliphatic carbocycles. The van der Waals surface area contributed by atoms with Gasteiger partial charge in [-0.1, -0.05) is 18.6 Å². The molecule has 0 aliphatic heterocycles. The lowest BCUT2D eigenvalue weighted by Crippen LogP contribution is -2.26. The van der Waals surface area contributed by atoms with Gasteiger partial charge in [0, 0.05) is 11.6 Å². The molecule has 0 bridgehead atoms. The molecule has 0 heterocycles. The Morgan fingerprint density at radius 1 is 1.43 bits per heavy atom. The number of aromatic hydroxyl groups is 1. The maximum Gasteiger partial charge on any atom is 0.134 e. The molecule has 0 radical (unpaired) electrons. The zero-order chi connectivity index (χ0) is 10.1. The number of hydrogen-bond donors (Lipinski definition) is 2. The molecule has 0 saturated heterocycles. The lowest BCUT2D eigenvalue weighted by atomic mass is 9.77. The van der Waals surface area contributed by atoms with Crippen LogP contribution in [0.2, 0.25) is 0 Å². The van der Waals surface area contributed by atoms with E-state index in [2.05, 4.69) is 15.9 Å². The summed E-state index contributed by atoms with van der Waals surface area (Å²) in [6, 6.07) is 5.63. The molecule has 0 spiro atoms. The first-order valence-electron chi connectivity index (χ1n) is 4.93. The molecule has 1 atom stereocenters. The number of benzene rings is 1. The Balaban J connectivity index is 2.26. The molecule has 2 rings (SSSR count). The van der Waals surface area contributed by atoms with Gasteiger partial charge >= 0.3 is 0 Å². The molecule has 0 unspecified atom stereocenters. The van der Waals surface area contributed by atoms with Crippen molar-refractivity contribution in [2.45, 2.75) is 25.3 Å². The van der Waals surface area contributed by atoms with Crippen molar-refractivity contribution in [2.24, 2.45) is 11.7 Å². The lowest BCUT2D eigenvalue weighted by molar-refractivity contribution is 0.260. The lowest BCUT2D eigenvalue weighted by Gasteiger charge is -2.31. The van der Waals surface area contributed by atoms with Gasteiger partial charge in [0.25, 0.3) is 0 Å². The number of phenolic OH excluding ortho intramolecular Hbond substituents is 1. The maximum atomic E-state index is 9.81. The van der Waals surface area contributed by atoms with Gasteiger partial charge in [-0.3, -0.25) is 0 Å². The number of para-hydroxylation sites is 1. The van der Waals surface area contributed by atoms with Gasteiger partial charge in [0.2, 0.25) is 0 Å². The summed E-state index contributed by atoms with van der Waals surface area (Å²) in [5.41, 5.74) is 6.95. The van der Waals surface area contributed by atoms with Crippen LogP contribution in [-0.2, 0) is 0 Å². The zero-order valence-corrected chi connectivity index (χ0v) is 9.50. The van der Waals surface area contributed by atoms with E-state index in [1.54, 1.807) is 0 Å². The average Bonchev–Trinajstić information content (AvgIpc) is 2.06. The predicted molar refractivity (Wildman–Crippen MR) is 60.1 cm³/mol. The van der Waals surface area contributed by atoms with Crippen molar-refractivity contribution in [3.63, 3.8) is 0 Å². The Labute approximate surface area is 92.3 Å². The molecular formula is C11H14BrNO. The van der Waals surface area contributed by atoms with Crippen molar-refractivity contribution in [3.8, 4) is 5.75 Å². The second kappa shape index (κ2) is 3.91. The Morgan fingerprint density at radius 2 is 2.14 bits per heavy atom. The average molecular weight is 256 g/mol. The van der Waals surface area contributed by atoms with Gasteiger partial charge in [-0.05, 0) is 40.8 Å². The summed E-state index contributed by atoms with van der Waals surface area (Å²) in [5, 5.41) is 9.81. The second-order valence-corrected chi connectivity index (χ2v) is 4.75. The Hall–Kier alpha value is -0.540. The van der Waals surface area contributed by atoms with E-state index in [1.807, 2.05) is 18.2 Å². The fraction of sp³-hybridized carbons (Fsp3) is 0.455. The maximum absolute atomic E-state index is 9.81. The number of hydrogen-bond acceptors (Lipinski definition) is 2. The minimum atomic E-state index is -0.0127. The van der Waals surface area contributed by atoms with Crippen molar-refractivity contribution >= 4 is 15.9 Å². The fourth-order valence-corrected chi connectivity index (χ4v) is 2.24. The van der Waals surface area contributed by atoms with Crippen LogP contribution in [0.4, 0.5) is 0 Å². The van der Waals surface area contributed by atoms with E-state index in [-0.39, 0.29) is 6.04 Å². The van der Waals surface area contributed by atoms with Crippen molar-refractivity contribution < 1.29 is 5.11 Å². The van der Waals surface area contributed by atoms with Gasteiger partial charge < -0.3 is 10.8 Å². The number of rotatable bonds is 2. The molecule has 14 heavy (non-hydrogen) atoms. The molecule has 0 aromatic heterocycles. The van der Waals surface area contributed by atoms with Crippen LogP contribution in [0, 0.1) is 5.92 Å². The Kier molecular flexibility index (Phi) is 2.79. The van der Waals surface area contributed by atoms with Gasteiger partial charge in [-0.15, -0.1) is 0 Å². The largest absolute Gasteiger partial charge is 0.506 e. The molecule has 1 aliphatic rings. The van der Waals surface area contributed by atoms with Crippen LogP contribution in [0.15, 0.2) is 22.7 Å². The first-order valence-corrected chi connectivity index (χ1v) is 5.72. The van der Waals surface area contributed by atoms with E-state index >= 15 is 0 Å². The fourth-order valence-electron chi connectivity index (χ4n) is 1.85. The molecule has 0 amide bonds. The molecule has 3 N–H and O–H groups in total. The summed E-state index contributed by atoms with van der Waals surface area (Å²) in [6.07, 6.45) is 3.65. The highest BCUT2D eigenvalue weighted by atomic mass is 79.9. The first-order chi connectivity index (χ1) is 6.70. The standard InChI is InChI=1S/C11H14BrNO/c12-9-6-2-5-8(11(9)14)10(13)7-3-1-4-7/h2,5-7,10,14H,1,3-4,13H2/t10-/m0/s1. The molecule has 3 heteroatoms. The third kappa shape index (κ3) is 1.66. The van der Waals surface area contributed by atoms with E-state index in [1.165, 1.54) is 19.3 Å². The molecule has 2 nitrogen and oxygen atoms in total. The highest BCUT2D eigenvalue weighted by Gasteiger charge is 2.27. The van der Waals surface area contributed by atoms with Crippen molar-refractivity contribution in [3.05, 3.63) is 28.2 Å². The summed E-state index contributed by atoms with van der Waals surface area (Å²) >= 11 is 3.30. The van der Waals surface area contributed by atoms with Crippen LogP contribution in [-0.4, -0.2) is 5.11 Å². The van der Waals surface area contributed by atoms with Crippen LogP contribution < -0.4 is 5.73 Å². The van der Waals surface area contributed by atoms with Gasteiger partial charge in [0.1, 0.15) is 5.75 Å². The van der Waals surface area contributed by atoms with Gasteiger partial charge in [0.15, 0.2) is 0 Å². The van der Waals surface area contributed by atoms with Crippen LogP contribution in [0.3, 0.4) is 0 Å². The summed E-state index contributed by atoms with van der Waals surface area (Å²) < 4.78 is 0.727. The van der Waals surface area contributed by atoms with Crippen LogP contribution >= 0.6 is 15.9 Å². The quantitative estimate of drug-likeness (QED) is 0.854. The van der Waals surface area contributed by atoms with E-state index in [9.17, 15) is 5.11 Å². The van der Waals surface area contributed by atoms with Gasteiger partial charge in [0.05, 0.1) is 4.47 Å². The molecule has 1 aromatic carbocycles. The summed E-state index contributed by atoms with van der Waals surface area (Å²) in [7, 11) is 0. The minimum Gasteiger partial charge on any atom is -0.506 e. The van der Waals surface area contributed by atoms with Crippen LogP contribution in [0.1, 0.15) is 30.9 Å². The third-order valence-corrected chi connectivity index (χ3v) is 3.67. The Bertz CT molecular complexity index is 336. The predicted octanol–water partition coefficient (Wildman–Crippen LogP) is 2.95. The molecular weight excluding hydrogens is 242 g/mol. The highest BCUT2D eigenvalue weighted by molar-refractivity contribution is 9.10. The van der Waals surface area contributed by atoms with Crippen LogP contribution in [0.5, 0.6) is 5.75 Å². The summed E-state index contributed by atoms with van der Waals surface area (Å²) in [5.74, 6) is 0.849. The van der Waals surface area contributed by atoms with Gasteiger partial charge in [-0.25, -0.2) is 0 Å². The van der Waals surface area contributed by atoms with E-state index in [0.29, 0.717) is 11.7 Å². The summed E-state index contributed by atoms with van der Waals surface area (Å²) in [4.78, 5) is 0. The van der Waals surface area contributed by atoms with Crippen molar-refractivity contribution in [1.29, 1.82) is 0 Å². The SMILES string of the molecule is N[C@H](c1cccc(Br)c1O)C1CCC1.